The number of nitrogens with two attached hydrogens (primary N) is 1. The smallest absolute Gasteiger partial charge is 0.00455 e. The van der Waals surface area contributed by atoms with Crippen LogP contribution in [0.1, 0.15) is 131 Å². The molecule has 1 aliphatic carbocycles. The molecule has 0 aromatic rings. The fourth-order valence-electron chi connectivity index (χ4n) is 5.07. The Kier molecular flexibility index (Phi) is 12.4. The van der Waals surface area contributed by atoms with Crippen molar-refractivity contribution in [2.45, 2.75) is 131 Å². The van der Waals surface area contributed by atoms with E-state index in [-0.39, 0.29) is 0 Å². The van der Waals surface area contributed by atoms with Gasteiger partial charge in [0.05, 0.1) is 0 Å². The van der Waals surface area contributed by atoms with Crippen LogP contribution in [0.5, 0.6) is 0 Å². The topological polar surface area (TPSA) is 26.0 Å². The molecule has 1 nitrogen and oxygen atoms in total. The molecule has 2 N–H and O–H groups in total. The standard InChI is InChI=1S/C26H51N/c1-6-9-10-11-15-25(27)21-26(8-3)19-13-12-14-24(18-20-26)23(5)17-16-22(4)7-2/h15,22-24H,6-14,16-21,27H2,1-5H3/b25-15-/t22?,23?,24?,26-/m0/s1. The minimum Gasteiger partial charge on any atom is -0.402 e. The Labute approximate surface area is 172 Å². The highest BCUT2D eigenvalue weighted by Crippen LogP contribution is 2.44. The first-order valence-corrected chi connectivity index (χ1v) is 12.4. The van der Waals surface area contributed by atoms with E-state index in [1.807, 2.05) is 0 Å². The Bertz CT molecular complexity index is 399. The second-order valence-electron chi connectivity index (χ2n) is 9.92. The van der Waals surface area contributed by atoms with E-state index in [9.17, 15) is 0 Å². The fraction of sp³-hybridized carbons (Fsp3) is 0.923. The van der Waals surface area contributed by atoms with Crippen molar-refractivity contribution in [3.8, 4) is 0 Å². The van der Waals surface area contributed by atoms with Crippen LogP contribution in [0.3, 0.4) is 0 Å². The highest BCUT2D eigenvalue weighted by atomic mass is 14.6. The number of hydrogen-bond donors (Lipinski definition) is 1. The molecule has 0 aromatic heterocycles. The van der Waals surface area contributed by atoms with E-state index in [4.69, 9.17) is 5.73 Å². The zero-order chi connectivity index (χ0) is 20.1. The number of allylic oxidation sites excluding steroid dienone is 2. The number of hydrogen-bond acceptors (Lipinski definition) is 1. The summed E-state index contributed by atoms with van der Waals surface area (Å²) in [5.41, 5.74) is 8.14. The molecule has 4 atom stereocenters. The lowest BCUT2D eigenvalue weighted by Crippen LogP contribution is -2.27. The first-order chi connectivity index (χ1) is 13.0. The molecule has 0 radical (unpaired) electrons. The maximum absolute atomic E-state index is 6.49. The molecular formula is C26H51N. The Morgan fingerprint density at radius 1 is 1.04 bits per heavy atom. The van der Waals surface area contributed by atoms with Crippen molar-refractivity contribution in [3.05, 3.63) is 11.8 Å². The van der Waals surface area contributed by atoms with Crippen LogP contribution in [-0.4, -0.2) is 0 Å². The zero-order valence-corrected chi connectivity index (χ0v) is 19.5. The summed E-state index contributed by atoms with van der Waals surface area (Å²) in [5, 5.41) is 0. The summed E-state index contributed by atoms with van der Waals surface area (Å²) in [6.45, 7) is 12.0. The van der Waals surface area contributed by atoms with E-state index in [0.29, 0.717) is 5.41 Å². The van der Waals surface area contributed by atoms with Gasteiger partial charge in [0.2, 0.25) is 0 Å². The molecule has 0 amide bonds. The van der Waals surface area contributed by atoms with E-state index >= 15 is 0 Å². The minimum atomic E-state index is 0.473. The van der Waals surface area contributed by atoms with Gasteiger partial charge in [-0.1, -0.05) is 98.5 Å². The molecule has 0 saturated heterocycles. The van der Waals surface area contributed by atoms with E-state index in [2.05, 4.69) is 40.7 Å². The van der Waals surface area contributed by atoms with Crippen LogP contribution in [-0.2, 0) is 0 Å². The van der Waals surface area contributed by atoms with Crippen LogP contribution >= 0.6 is 0 Å². The SMILES string of the molecule is CCCCC/C=C(\N)C[C@@]1(CC)CCCCC(C(C)CCC(C)CC)CC1. The highest BCUT2D eigenvalue weighted by Gasteiger charge is 2.32. The minimum absolute atomic E-state index is 0.473. The lowest BCUT2D eigenvalue weighted by Gasteiger charge is -2.38. The van der Waals surface area contributed by atoms with Crippen LogP contribution in [0.25, 0.3) is 0 Å². The first-order valence-electron chi connectivity index (χ1n) is 12.4. The van der Waals surface area contributed by atoms with Gasteiger partial charge in [-0.2, -0.15) is 0 Å². The number of rotatable bonds is 12. The van der Waals surface area contributed by atoms with Gasteiger partial charge in [0.25, 0.3) is 0 Å². The molecule has 160 valence electrons. The molecule has 3 unspecified atom stereocenters. The lowest BCUT2D eigenvalue weighted by atomic mass is 9.67. The third-order valence-electron chi connectivity index (χ3n) is 7.74. The van der Waals surface area contributed by atoms with E-state index in [0.717, 1.165) is 24.2 Å². The third kappa shape index (κ3) is 9.53. The normalized spacial score (nSPS) is 27.0. The highest BCUT2D eigenvalue weighted by molar-refractivity contribution is 5.02. The van der Waals surface area contributed by atoms with Crippen molar-refractivity contribution < 1.29 is 0 Å². The Balaban J connectivity index is 2.60. The Hall–Kier alpha value is -0.460. The molecule has 0 spiro atoms. The van der Waals surface area contributed by atoms with E-state index in [1.165, 1.54) is 95.6 Å². The van der Waals surface area contributed by atoms with Gasteiger partial charge >= 0.3 is 0 Å². The maximum Gasteiger partial charge on any atom is 0.00455 e. The van der Waals surface area contributed by atoms with Gasteiger partial charge in [-0.25, -0.2) is 0 Å². The third-order valence-corrected chi connectivity index (χ3v) is 7.74. The molecule has 1 aliphatic rings. The summed E-state index contributed by atoms with van der Waals surface area (Å²) in [6, 6.07) is 0. The van der Waals surface area contributed by atoms with Gasteiger partial charge in [0.1, 0.15) is 0 Å². The second kappa shape index (κ2) is 13.7. The number of unbranched alkanes of at least 4 members (excludes halogenated alkanes) is 3. The van der Waals surface area contributed by atoms with Crippen LogP contribution in [0, 0.1) is 23.2 Å². The second-order valence-corrected chi connectivity index (χ2v) is 9.92. The summed E-state index contributed by atoms with van der Waals surface area (Å²) >= 11 is 0. The molecule has 0 aliphatic heterocycles. The van der Waals surface area contributed by atoms with E-state index < -0.39 is 0 Å². The predicted molar refractivity (Wildman–Crippen MR) is 123 cm³/mol. The maximum atomic E-state index is 6.49. The van der Waals surface area contributed by atoms with Crippen LogP contribution in [0.4, 0.5) is 0 Å². The van der Waals surface area contributed by atoms with Gasteiger partial charge in [-0.15, -0.1) is 0 Å². The van der Waals surface area contributed by atoms with Crippen molar-refractivity contribution in [2.75, 3.05) is 0 Å². The molecule has 1 fully saturated rings. The van der Waals surface area contributed by atoms with Crippen molar-refractivity contribution in [1.82, 2.24) is 0 Å². The predicted octanol–water partition coefficient (Wildman–Crippen LogP) is 8.63. The molecule has 0 heterocycles. The molecule has 0 bridgehead atoms. The summed E-state index contributed by atoms with van der Waals surface area (Å²) in [6.07, 6.45) is 22.6. The van der Waals surface area contributed by atoms with Gasteiger partial charge in [-0.05, 0) is 61.7 Å². The summed E-state index contributed by atoms with van der Waals surface area (Å²) in [5.74, 6) is 2.73. The molecule has 27 heavy (non-hydrogen) atoms. The molecule has 1 rings (SSSR count). The Morgan fingerprint density at radius 3 is 2.48 bits per heavy atom. The molecule has 1 saturated carbocycles. The quantitative estimate of drug-likeness (QED) is 0.338. The molecule has 0 aromatic carbocycles. The monoisotopic (exact) mass is 377 g/mol. The van der Waals surface area contributed by atoms with Gasteiger partial charge < -0.3 is 5.73 Å². The summed E-state index contributed by atoms with van der Waals surface area (Å²) in [4.78, 5) is 0. The van der Waals surface area contributed by atoms with Gasteiger partial charge in [0, 0.05) is 5.70 Å². The first kappa shape index (κ1) is 24.6. The Morgan fingerprint density at radius 2 is 1.81 bits per heavy atom. The summed E-state index contributed by atoms with van der Waals surface area (Å²) in [7, 11) is 0. The van der Waals surface area contributed by atoms with Crippen molar-refractivity contribution in [2.24, 2.45) is 28.9 Å². The molecule has 1 heteroatoms. The van der Waals surface area contributed by atoms with Crippen molar-refractivity contribution in [1.29, 1.82) is 0 Å². The van der Waals surface area contributed by atoms with Crippen LogP contribution in [0.2, 0.25) is 0 Å². The van der Waals surface area contributed by atoms with Crippen molar-refractivity contribution >= 4 is 0 Å². The summed E-state index contributed by atoms with van der Waals surface area (Å²) < 4.78 is 0. The van der Waals surface area contributed by atoms with Gasteiger partial charge in [-0.3, -0.25) is 0 Å². The van der Waals surface area contributed by atoms with Crippen LogP contribution in [0.15, 0.2) is 11.8 Å². The van der Waals surface area contributed by atoms with E-state index in [1.54, 1.807) is 0 Å². The fourth-order valence-corrected chi connectivity index (χ4v) is 5.07. The lowest BCUT2D eigenvalue weighted by molar-refractivity contribution is 0.151. The average molecular weight is 378 g/mol. The average Bonchev–Trinajstić information content (AvgIpc) is 2.65. The molecular weight excluding hydrogens is 326 g/mol. The zero-order valence-electron chi connectivity index (χ0n) is 19.5. The largest absolute Gasteiger partial charge is 0.402 e. The van der Waals surface area contributed by atoms with Gasteiger partial charge in [0.15, 0.2) is 0 Å². The van der Waals surface area contributed by atoms with Crippen LogP contribution < -0.4 is 5.73 Å². The van der Waals surface area contributed by atoms with Crippen molar-refractivity contribution in [3.63, 3.8) is 0 Å².